The molecule has 2 unspecified atom stereocenters. The van der Waals surface area contributed by atoms with Gasteiger partial charge in [-0.3, -0.25) is 4.79 Å². The number of rotatable bonds is 7. The number of hydrogen-bond acceptors (Lipinski definition) is 1. The average Bonchev–Trinajstić information content (AvgIpc) is 2.48. The Morgan fingerprint density at radius 2 is 1.95 bits per heavy atom. The highest BCUT2D eigenvalue weighted by molar-refractivity contribution is 5.86. The molecule has 126 valence electrons. The summed E-state index contributed by atoms with van der Waals surface area (Å²) >= 11 is 0. The lowest BCUT2D eigenvalue weighted by Crippen LogP contribution is -2.64. The molecule has 0 aromatic carbocycles. The van der Waals surface area contributed by atoms with Crippen molar-refractivity contribution in [2.75, 3.05) is 0 Å². The largest absolute Gasteiger partial charge is 0.336 e. The molecule has 2 heteroatoms. The maximum Gasteiger partial charge on any atom is 0.228 e. The zero-order valence-electron chi connectivity index (χ0n) is 15.1. The summed E-state index contributed by atoms with van der Waals surface area (Å²) in [6.45, 7) is 8.90. The van der Waals surface area contributed by atoms with Crippen LogP contribution >= 0.6 is 0 Å². The zero-order valence-corrected chi connectivity index (χ0v) is 15.1. The lowest BCUT2D eigenvalue weighted by molar-refractivity contribution is -0.164. The van der Waals surface area contributed by atoms with Crippen LogP contribution < -0.4 is 0 Å². The van der Waals surface area contributed by atoms with E-state index < -0.39 is 0 Å². The third kappa shape index (κ3) is 4.14. The predicted octanol–water partition coefficient (Wildman–Crippen LogP) is 5.33. The summed E-state index contributed by atoms with van der Waals surface area (Å²) in [5.41, 5.74) is 1.42. The number of β-lactam (4-membered cyclic amide) rings is 1. The van der Waals surface area contributed by atoms with Crippen molar-refractivity contribution in [1.29, 1.82) is 0 Å². The van der Waals surface area contributed by atoms with Crippen LogP contribution in [0, 0.1) is 11.8 Å². The molecule has 1 heterocycles. The summed E-state index contributed by atoms with van der Waals surface area (Å²) in [7, 11) is 0. The molecule has 0 bridgehead atoms. The highest BCUT2D eigenvalue weighted by Crippen LogP contribution is 2.39. The third-order valence-corrected chi connectivity index (χ3v) is 5.66. The van der Waals surface area contributed by atoms with Gasteiger partial charge >= 0.3 is 0 Å². The van der Waals surface area contributed by atoms with Gasteiger partial charge in [-0.05, 0) is 58.3 Å². The van der Waals surface area contributed by atoms with E-state index in [-0.39, 0.29) is 0 Å². The number of likely N-dealkylation sites (tertiary alicyclic amines) is 1. The van der Waals surface area contributed by atoms with Crippen molar-refractivity contribution in [3.8, 4) is 0 Å². The summed E-state index contributed by atoms with van der Waals surface area (Å²) in [6, 6.07) is 1.08. The van der Waals surface area contributed by atoms with Crippen molar-refractivity contribution in [2.24, 2.45) is 11.8 Å². The molecule has 0 aromatic heterocycles. The van der Waals surface area contributed by atoms with Gasteiger partial charge in [0.1, 0.15) is 0 Å². The lowest BCUT2D eigenvalue weighted by atomic mass is 9.76. The van der Waals surface area contributed by atoms with Crippen LogP contribution in [0.2, 0.25) is 0 Å². The molecule has 0 spiro atoms. The second-order valence-electron chi connectivity index (χ2n) is 7.82. The van der Waals surface area contributed by atoms with E-state index in [0.717, 1.165) is 6.42 Å². The number of hydrogen-bond donors (Lipinski definition) is 0. The Kier molecular flexibility index (Phi) is 6.52. The van der Waals surface area contributed by atoms with Crippen LogP contribution in [0.1, 0.15) is 85.5 Å². The third-order valence-electron chi connectivity index (χ3n) is 5.66. The monoisotopic (exact) mass is 305 g/mol. The molecule has 1 amide bonds. The molecular formula is C20H35NO. The maximum absolute atomic E-state index is 12.5. The van der Waals surface area contributed by atoms with Crippen molar-refractivity contribution in [3.05, 3.63) is 11.6 Å². The van der Waals surface area contributed by atoms with Gasteiger partial charge in [0, 0.05) is 12.1 Å². The van der Waals surface area contributed by atoms with Gasteiger partial charge in [0.25, 0.3) is 0 Å². The van der Waals surface area contributed by atoms with E-state index in [1.54, 1.807) is 0 Å². The van der Waals surface area contributed by atoms with Crippen LogP contribution in [0.25, 0.3) is 0 Å². The molecule has 1 aliphatic heterocycles. The van der Waals surface area contributed by atoms with E-state index in [2.05, 4.69) is 38.7 Å². The molecular weight excluding hydrogens is 270 g/mol. The minimum absolute atomic E-state index is 0.313. The van der Waals surface area contributed by atoms with E-state index in [1.165, 1.54) is 56.9 Å². The van der Waals surface area contributed by atoms with Crippen LogP contribution in [0.4, 0.5) is 0 Å². The second-order valence-corrected chi connectivity index (χ2v) is 7.82. The van der Waals surface area contributed by atoms with Gasteiger partial charge in [-0.25, -0.2) is 0 Å². The molecule has 1 saturated carbocycles. The summed E-state index contributed by atoms with van der Waals surface area (Å²) in [5.74, 6) is 1.48. The van der Waals surface area contributed by atoms with Crippen LogP contribution in [0.3, 0.4) is 0 Å². The normalized spacial score (nSPS) is 27.5. The van der Waals surface area contributed by atoms with Gasteiger partial charge in [-0.15, -0.1) is 0 Å². The zero-order chi connectivity index (χ0) is 16.1. The Morgan fingerprint density at radius 3 is 2.55 bits per heavy atom. The Balaban J connectivity index is 1.90. The molecule has 0 radical (unpaired) electrons. The smallest absolute Gasteiger partial charge is 0.228 e. The molecule has 22 heavy (non-hydrogen) atoms. The first-order valence-corrected chi connectivity index (χ1v) is 9.50. The minimum Gasteiger partial charge on any atom is -0.336 e. The number of nitrogens with zero attached hydrogens (tertiary/aromatic N) is 1. The lowest BCUT2D eigenvalue weighted by Gasteiger charge is -2.53. The maximum atomic E-state index is 12.5. The van der Waals surface area contributed by atoms with Gasteiger partial charge in [0.05, 0.1) is 5.92 Å². The van der Waals surface area contributed by atoms with Gasteiger partial charge in [0.15, 0.2) is 0 Å². The van der Waals surface area contributed by atoms with Crippen molar-refractivity contribution >= 4 is 5.91 Å². The van der Waals surface area contributed by atoms with E-state index in [1.807, 2.05) is 0 Å². The second kappa shape index (κ2) is 8.17. The molecule has 2 rings (SSSR count). The molecule has 1 saturated heterocycles. The highest BCUT2D eigenvalue weighted by atomic mass is 16.2. The molecule has 0 N–H and O–H groups in total. The highest BCUT2D eigenvalue weighted by Gasteiger charge is 2.48. The molecule has 1 aliphatic carbocycles. The number of amides is 1. The molecule has 2 aliphatic rings. The number of allylic oxidation sites excluding steroid dienone is 2. The van der Waals surface area contributed by atoms with Crippen molar-refractivity contribution in [2.45, 2.75) is 97.6 Å². The van der Waals surface area contributed by atoms with E-state index >= 15 is 0 Å². The fourth-order valence-electron chi connectivity index (χ4n) is 4.35. The van der Waals surface area contributed by atoms with Crippen LogP contribution in [0.5, 0.6) is 0 Å². The topological polar surface area (TPSA) is 20.3 Å². The van der Waals surface area contributed by atoms with Crippen molar-refractivity contribution in [1.82, 2.24) is 4.90 Å². The van der Waals surface area contributed by atoms with E-state index in [0.29, 0.717) is 29.8 Å². The van der Waals surface area contributed by atoms with Crippen molar-refractivity contribution < 1.29 is 4.79 Å². The summed E-state index contributed by atoms with van der Waals surface area (Å²) < 4.78 is 0. The standard InChI is InChI=1S/C20H35NO/c1-5-18-19(14-16(4)11-9-10-15(2)3)21(20(18)22)17-12-7-6-8-13-17/h10,16-19H,5-9,11-14H2,1-4H3/t16-,18?,19?/m1/s1. The van der Waals surface area contributed by atoms with Crippen molar-refractivity contribution in [3.63, 3.8) is 0 Å². The molecule has 0 aromatic rings. The molecule has 2 nitrogen and oxygen atoms in total. The Hall–Kier alpha value is -0.790. The fourth-order valence-corrected chi connectivity index (χ4v) is 4.35. The minimum atomic E-state index is 0.313. The summed E-state index contributed by atoms with van der Waals surface area (Å²) in [4.78, 5) is 14.8. The Labute approximate surface area is 137 Å². The molecule has 3 atom stereocenters. The van der Waals surface area contributed by atoms with Gasteiger partial charge < -0.3 is 4.90 Å². The fraction of sp³-hybridized carbons (Fsp3) is 0.850. The van der Waals surface area contributed by atoms with Gasteiger partial charge in [-0.1, -0.05) is 44.8 Å². The van der Waals surface area contributed by atoms with Crippen LogP contribution in [0.15, 0.2) is 11.6 Å². The first-order chi connectivity index (χ1) is 10.5. The Bertz CT molecular complexity index is 391. The number of carbonyl (C=O) groups excluding carboxylic acids is 1. The van der Waals surface area contributed by atoms with Crippen LogP contribution in [-0.4, -0.2) is 22.9 Å². The first kappa shape index (κ1) is 17.6. The summed E-state index contributed by atoms with van der Waals surface area (Å²) in [6.07, 6.45) is 13.5. The quantitative estimate of drug-likeness (QED) is 0.460. The summed E-state index contributed by atoms with van der Waals surface area (Å²) in [5, 5.41) is 0. The van der Waals surface area contributed by atoms with Gasteiger partial charge in [0.2, 0.25) is 5.91 Å². The van der Waals surface area contributed by atoms with E-state index in [9.17, 15) is 4.79 Å². The van der Waals surface area contributed by atoms with Crippen LogP contribution in [-0.2, 0) is 4.79 Å². The average molecular weight is 306 g/mol. The Morgan fingerprint density at radius 1 is 1.27 bits per heavy atom. The number of carbonyl (C=O) groups is 1. The molecule has 2 fully saturated rings. The van der Waals surface area contributed by atoms with E-state index in [4.69, 9.17) is 0 Å². The van der Waals surface area contributed by atoms with Gasteiger partial charge in [-0.2, -0.15) is 0 Å². The predicted molar refractivity (Wildman–Crippen MR) is 93.7 cm³/mol. The first-order valence-electron chi connectivity index (χ1n) is 9.50. The SMILES string of the molecule is CCC1C(=O)N(C2CCCCC2)C1C[C@H](C)CCC=C(C)C.